The van der Waals surface area contributed by atoms with Gasteiger partial charge in [-0.1, -0.05) is 73.5 Å². The summed E-state index contributed by atoms with van der Waals surface area (Å²) in [5, 5.41) is 23.9. The monoisotopic (exact) mass is 567 g/mol. The summed E-state index contributed by atoms with van der Waals surface area (Å²) in [5.74, 6) is 0.691. The van der Waals surface area contributed by atoms with Crippen LogP contribution in [0.25, 0.3) is 22.5 Å². The number of unbranched alkanes of at least 4 members (excludes halogenated alkanes) is 3. The largest absolute Gasteiger partial charge is 0.461 e. The Labute approximate surface area is 235 Å². The number of esters is 1. The molecule has 0 saturated heterocycles. The average molecular weight is 568 g/mol. The Kier molecular flexibility index (Phi) is 10.2. The quantitative estimate of drug-likeness (QED) is 0.0871. The highest BCUT2D eigenvalue weighted by Crippen LogP contribution is 2.30. The maximum Gasteiger partial charge on any atom is 0.358 e. The molecule has 4 rings (SSSR count). The van der Waals surface area contributed by atoms with E-state index >= 15 is 0 Å². The Morgan fingerprint density at radius 2 is 1.80 bits per heavy atom. The number of hydrogen-bond donors (Lipinski definition) is 1. The van der Waals surface area contributed by atoms with E-state index in [4.69, 9.17) is 16.3 Å². The second kappa shape index (κ2) is 14.2. The number of tetrazole rings is 1. The first kappa shape index (κ1) is 28.7. The molecule has 4 aromatic rings. The summed E-state index contributed by atoms with van der Waals surface area (Å²) in [7, 11) is 0. The van der Waals surface area contributed by atoms with Crippen molar-refractivity contribution in [3.05, 3.63) is 80.9 Å². The molecule has 0 bridgehead atoms. The van der Waals surface area contributed by atoms with Gasteiger partial charge < -0.3 is 14.1 Å². The number of halogens is 1. The number of ether oxygens (including phenoxy) is 1. The van der Waals surface area contributed by atoms with E-state index in [-0.39, 0.29) is 24.1 Å². The molecule has 2 aromatic carbocycles. The lowest BCUT2D eigenvalue weighted by Gasteiger charge is -2.13. The first-order valence-electron chi connectivity index (χ1n) is 13.1. The highest BCUT2D eigenvalue weighted by molar-refractivity contribution is 6.32. The molecule has 0 aliphatic rings. The second-order valence-electron chi connectivity index (χ2n) is 9.09. The molecule has 2 heterocycles. The molecule has 0 amide bonds. The van der Waals surface area contributed by atoms with E-state index < -0.39 is 11.1 Å². The molecule has 0 fully saturated rings. The summed E-state index contributed by atoms with van der Waals surface area (Å²) < 4.78 is 7.31. The van der Waals surface area contributed by atoms with Crippen molar-refractivity contribution in [2.45, 2.75) is 52.0 Å². The number of aromatic nitrogens is 6. The minimum Gasteiger partial charge on any atom is -0.461 e. The zero-order chi connectivity index (χ0) is 28.3. The van der Waals surface area contributed by atoms with Gasteiger partial charge in [0.2, 0.25) is 5.82 Å². The van der Waals surface area contributed by atoms with Crippen molar-refractivity contribution in [2.75, 3.05) is 13.2 Å². The first-order chi connectivity index (χ1) is 19.5. The SMILES string of the molecule is CCCCc1nc(Cl)c(C(=O)OCCCCCO[N+](=O)[O-])n1Cc1ccc(-c2ccccc2-c2nn[nH]n2)cc1. The fourth-order valence-electron chi connectivity index (χ4n) is 4.29. The van der Waals surface area contributed by atoms with E-state index in [1.807, 2.05) is 53.1 Å². The van der Waals surface area contributed by atoms with E-state index in [0.29, 0.717) is 38.1 Å². The lowest BCUT2D eigenvalue weighted by atomic mass is 9.98. The summed E-state index contributed by atoms with van der Waals surface area (Å²) in [4.78, 5) is 32.0. The Balaban J connectivity index is 1.48. The van der Waals surface area contributed by atoms with Crippen LogP contribution in [0.4, 0.5) is 0 Å². The van der Waals surface area contributed by atoms with Crippen molar-refractivity contribution >= 4 is 17.6 Å². The van der Waals surface area contributed by atoms with Gasteiger partial charge >= 0.3 is 5.97 Å². The van der Waals surface area contributed by atoms with Crippen LogP contribution >= 0.6 is 11.6 Å². The van der Waals surface area contributed by atoms with Gasteiger partial charge in [0.15, 0.2) is 10.8 Å². The van der Waals surface area contributed by atoms with Crippen LogP contribution in [0, 0.1) is 10.1 Å². The normalized spacial score (nSPS) is 10.9. The third-order valence-corrected chi connectivity index (χ3v) is 6.55. The van der Waals surface area contributed by atoms with Crippen molar-refractivity contribution in [2.24, 2.45) is 0 Å². The second-order valence-corrected chi connectivity index (χ2v) is 9.45. The van der Waals surface area contributed by atoms with Crippen LogP contribution in [0.2, 0.25) is 5.15 Å². The van der Waals surface area contributed by atoms with Crippen LogP contribution < -0.4 is 0 Å². The molecule has 13 heteroatoms. The number of carbonyl (C=O) groups excluding carboxylic acids is 1. The summed E-state index contributed by atoms with van der Waals surface area (Å²) in [6, 6.07) is 15.9. The number of nitrogens with zero attached hydrogens (tertiary/aromatic N) is 6. The highest BCUT2D eigenvalue weighted by atomic mass is 35.5. The molecule has 0 aliphatic carbocycles. The van der Waals surface area contributed by atoms with Gasteiger partial charge in [-0.05, 0) is 47.6 Å². The number of aromatic amines is 1. The molecule has 0 unspecified atom stereocenters. The maximum absolute atomic E-state index is 13.0. The lowest BCUT2D eigenvalue weighted by Crippen LogP contribution is -2.16. The Morgan fingerprint density at radius 1 is 1.05 bits per heavy atom. The predicted molar refractivity (Wildman–Crippen MR) is 147 cm³/mol. The van der Waals surface area contributed by atoms with E-state index in [0.717, 1.165) is 40.9 Å². The number of imidazole rings is 1. The molecule has 2 aromatic heterocycles. The van der Waals surface area contributed by atoms with Crippen LogP contribution in [0.1, 0.15) is 60.9 Å². The summed E-state index contributed by atoms with van der Waals surface area (Å²) >= 11 is 6.44. The first-order valence-corrected chi connectivity index (χ1v) is 13.5. The van der Waals surface area contributed by atoms with Crippen molar-refractivity contribution in [3.8, 4) is 22.5 Å². The molecule has 0 atom stereocenters. The van der Waals surface area contributed by atoms with Crippen molar-refractivity contribution in [3.63, 3.8) is 0 Å². The standard InChI is InChI=1S/C27H30ClN7O5/c1-2-3-11-23-29-25(28)24(27(36)39-16-7-4-8-17-40-35(37)38)34(23)18-19-12-14-20(15-13-19)21-9-5-6-10-22(21)26-30-32-33-31-26/h5-6,9-10,12-15H,2-4,7-8,11,16-18H2,1H3,(H,30,31,32,33). The van der Waals surface area contributed by atoms with E-state index in [9.17, 15) is 14.9 Å². The van der Waals surface area contributed by atoms with Crippen LogP contribution in [0.15, 0.2) is 48.5 Å². The molecule has 0 radical (unpaired) electrons. The number of aryl methyl sites for hydroxylation is 1. The van der Waals surface area contributed by atoms with Crippen molar-refractivity contribution < 1.29 is 19.5 Å². The molecule has 0 aliphatic heterocycles. The molecule has 210 valence electrons. The molecule has 1 N–H and O–H groups in total. The third-order valence-electron chi connectivity index (χ3n) is 6.29. The Bertz CT molecular complexity index is 1410. The van der Waals surface area contributed by atoms with E-state index in [2.05, 4.69) is 37.4 Å². The van der Waals surface area contributed by atoms with Gasteiger partial charge in [-0.2, -0.15) is 5.21 Å². The van der Waals surface area contributed by atoms with Crippen molar-refractivity contribution in [1.29, 1.82) is 0 Å². The summed E-state index contributed by atoms with van der Waals surface area (Å²) in [6.07, 6.45) is 4.22. The fourth-order valence-corrected chi connectivity index (χ4v) is 4.57. The van der Waals surface area contributed by atoms with E-state index in [1.54, 1.807) is 0 Å². The van der Waals surface area contributed by atoms with Crippen LogP contribution in [-0.4, -0.2) is 54.4 Å². The number of benzene rings is 2. The molecule has 0 saturated carbocycles. The molecule has 40 heavy (non-hydrogen) atoms. The zero-order valence-electron chi connectivity index (χ0n) is 22.1. The van der Waals surface area contributed by atoms with Gasteiger partial charge in [0.25, 0.3) is 5.09 Å². The Morgan fingerprint density at radius 3 is 2.50 bits per heavy atom. The van der Waals surface area contributed by atoms with Gasteiger partial charge in [-0.25, -0.2) is 9.78 Å². The van der Waals surface area contributed by atoms with Crippen molar-refractivity contribution in [1.82, 2.24) is 30.2 Å². The number of hydrogen-bond acceptors (Lipinski definition) is 9. The maximum atomic E-state index is 13.0. The molecule has 12 nitrogen and oxygen atoms in total. The molecular formula is C27H30ClN7O5. The third kappa shape index (κ3) is 7.41. The zero-order valence-corrected chi connectivity index (χ0v) is 22.8. The topological polar surface area (TPSA) is 151 Å². The van der Waals surface area contributed by atoms with Gasteiger partial charge in [0, 0.05) is 18.5 Å². The van der Waals surface area contributed by atoms with Crippen LogP contribution in [0.5, 0.6) is 0 Å². The number of H-pyrrole nitrogens is 1. The van der Waals surface area contributed by atoms with Gasteiger partial charge in [-0.3, -0.25) is 0 Å². The lowest BCUT2D eigenvalue weighted by molar-refractivity contribution is -0.757. The highest BCUT2D eigenvalue weighted by Gasteiger charge is 2.23. The van der Waals surface area contributed by atoms with Gasteiger partial charge in [0.05, 0.1) is 13.2 Å². The molecule has 0 spiro atoms. The minimum absolute atomic E-state index is 0.0157. The summed E-state index contributed by atoms with van der Waals surface area (Å²) in [5.41, 5.74) is 4.01. The van der Waals surface area contributed by atoms with Crippen LogP contribution in [-0.2, 0) is 22.5 Å². The predicted octanol–water partition coefficient (Wildman–Crippen LogP) is 5.31. The molecular weight excluding hydrogens is 538 g/mol. The smallest absolute Gasteiger partial charge is 0.358 e. The van der Waals surface area contributed by atoms with Crippen LogP contribution in [0.3, 0.4) is 0 Å². The minimum atomic E-state index is -0.817. The van der Waals surface area contributed by atoms with Gasteiger partial charge in [-0.15, -0.1) is 20.3 Å². The Hall–Kier alpha value is -4.32. The van der Waals surface area contributed by atoms with E-state index in [1.165, 1.54) is 0 Å². The average Bonchev–Trinajstić information content (AvgIpc) is 3.60. The fraction of sp³-hybridized carbons (Fsp3) is 0.370. The van der Waals surface area contributed by atoms with Gasteiger partial charge in [0.1, 0.15) is 5.82 Å². The summed E-state index contributed by atoms with van der Waals surface area (Å²) in [6.45, 7) is 2.67. The number of rotatable bonds is 15. The number of nitrogens with one attached hydrogen (secondary N) is 1. The number of carbonyl (C=O) groups is 1.